The van der Waals surface area contributed by atoms with Crippen molar-refractivity contribution in [1.29, 1.82) is 0 Å². The number of methoxy groups -OCH3 is 1. The Morgan fingerprint density at radius 3 is 2.37 bits per heavy atom. The van der Waals surface area contributed by atoms with Crippen LogP contribution in [0.2, 0.25) is 0 Å². The first-order valence-electron chi connectivity index (χ1n) is 9.44. The standard InChI is InChI=1S/C22H27FN2O5/c1-22(2,3)30-21(28)24-12-17-16(6-5-7-18(17)23)20(27)25-19(13-26)14-8-10-15(29-4)11-9-14/h5-11,19,26H,12-13H2,1-4H3,(H,24,28)(H,25,27). The lowest BCUT2D eigenvalue weighted by atomic mass is 10.0. The highest BCUT2D eigenvalue weighted by Gasteiger charge is 2.21. The van der Waals surface area contributed by atoms with Crippen molar-refractivity contribution < 1.29 is 28.6 Å². The van der Waals surface area contributed by atoms with Crippen LogP contribution in [0, 0.1) is 5.82 Å². The Morgan fingerprint density at radius 2 is 1.80 bits per heavy atom. The average Bonchev–Trinajstić information content (AvgIpc) is 2.69. The zero-order chi connectivity index (χ0) is 22.3. The first kappa shape index (κ1) is 23.2. The molecule has 0 aliphatic rings. The number of rotatable bonds is 7. The van der Waals surface area contributed by atoms with Crippen molar-refractivity contribution in [1.82, 2.24) is 10.6 Å². The van der Waals surface area contributed by atoms with Gasteiger partial charge in [0.05, 0.1) is 19.8 Å². The summed E-state index contributed by atoms with van der Waals surface area (Å²) in [5, 5.41) is 14.9. The predicted molar refractivity (Wildman–Crippen MR) is 110 cm³/mol. The van der Waals surface area contributed by atoms with Crippen molar-refractivity contribution in [3.63, 3.8) is 0 Å². The maximum atomic E-state index is 14.4. The number of amides is 2. The topological polar surface area (TPSA) is 96.9 Å². The molecule has 3 N–H and O–H groups in total. The number of benzene rings is 2. The molecule has 0 aliphatic heterocycles. The van der Waals surface area contributed by atoms with Crippen LogP contribution in [0.25, 0.3) is 0 Å². The second-order valence-corrected chi connectivity index (χ2v) is 7.60. The zero-order valence-corrected chi connectivity index (χ0v) is 17.5. The van der Waals surface area contributed by atoms with Crippen LogP contribution < -0.4 is 15.4 Å². The van der Waals surface area contributed by atoms with Crippen LogP contribution in [-0.2, 0) is 11.3 Å². The molecule has 1 atom stereocenters. The number of alkyl carbamates (subject to hydrolysis) is 1. The third kappa shape index (κ3) is 6.45. The van der Waals surface area contributed by atoms with Crippen molar-refractivity contribution in [2.24, 2.45) is 0 Å². The van der Waals surface area contributed by atoms with Gasteiger partial charge >= 0.3 is 6.09 Å². The summed E-state index contributed by atoms with van der Waals surface area (Å²) in [4.78, 5) is 24.7. The molecule has 2 aromatic rings. The van der Waals surface area contributed by atoms with Crippen molar-refractivity contribution in [3.8, 4) is 5.75 Å². The van der Waals surface area contributed by atoms with Gasteiger partial charge in [-0.2, -0.15) is 0 Å². The Morgan fingerprint density at radius 1 is 1.13 bits per heavy atom. The first-order chi connectivity index (χ1) is 14.1. The van der Waals surface area contributed by atoms with Crippen LogP contribution in [0.5, 0.6) is 5.75 Å². The molecule has 8 heteroatoms. The minimum absolute atomic E-state index is 0.0206. The van der Waals surface area contributed by atoms with Crippen LogP contribution in [0.4, 0.5) is 9.18 Å². The maximum Gasteiger partial charge on any atom is 0.407 e. The molecule has 0 aromatic heterocycles. The van der Waals surface area contributed by atoms with Crippen LogP contribution in [0.3, 0.4) is 0 Å². The molecule has 0 bridgehead atoms. The van der Waals surface area contributed by atoms with Crippen molar-refractivity contribution >= 4 is 12.0 Å². The largest absolute Gasteiger partial charge is 0.497 e. The fourth-order valence-electron chi connectivity index (χ4n) is 2.73. The molecule has 2 amide bonds. The van der Waals surface area contributed by atoms with Gasteiger partial charge in [-0.3, -0.25) is 4.79 Å². The van der Waals surface area contributed by atoms with Crippen LogP contribution in [0.15, 0.2) is 42.5 Å². The third-order valence-corrected chi connectivity index (χ3v) is 4.18. The molecule has 0 fully saturated rings. The molecule has 1 unspecified atom stereocenters. The highest BCUT2D eigenvalue weighted by Crippen LogP contribution is 2.20. The van der Waals surface area contributed by atoms with Gasteiger partial charge in [-0.1, -0.05) is 18.2 Å². The molecule has 0 saturated carbocycles. The normalized spacial score (nSPS) is 12.1. The summed E-state index contributed by atoms with van der Waals surface area (Å²) in [6.45, 7) is 4.56. The summed E-state index contributed by atoms with van der Waals surface area (Å²) in [6, 6.07) is 10.2. The molecular weight excluding hydrogens is 391 g/mol. The van der Waals surface area contributed by atoms with Crippen LogP contribution in [-0.4, -0.2) is 36.4 Å². The maximum absolute atomic E-state index is 14.4. The number of carbonyl (C=O) groups is 2. The SMILES string of the molecule is COc1ccc(C(CO)NC(=O)c2cccc(F)c2CNC(=O)OC(C)(C)C)cc1. The van der Waals surface area contributed by atoms with E-state index in [1.54, 1.807) is 45.0 Å². The summed E-state index contributed by atoms with van der Waals surface area (Å²) >= 11 is 0. The molecule has 0 radical (unpaired) electrons. The van der Waals surface area contributed by atoms with Crippen molar-refractivity contribution in [3.05, 3.63) is 65.0 Å². The minimum Gasteiger partial charge on any atom is -0.497 e. The number of halogens is 1. The summed E-state index contributed by atoms with van der Waals surface area (Å²) in [6.07, 6.45) is -0.719. The summed E-state index contributed by atoms with van der Waals surface area (Å²) in [5.74, 6) is -0.573. The van der Waals surface area contributed by atoms with E-state index < -0.39 is 29.5 Å². The second-order valence-electron chi connectivity index (χ2n) is 7.60. The van der Waals surface area contributed by atoms with Crippen LogP contribution >= 0.6 is 0 Å². The number of aliphatic hydroxyl groups is 1. The monoisotopic (exact) mass is 418 g/mol. The number of aliphatic hydroxyl groups excluding tert-OH is 1. The smallest absolute Gasteiger partial charge is 0.407 e. The van der Waals surface area contributed by atoms with Gasteiger partial charge in [0.2, 0.25) is 0 Å². The first-order valence-corrected chi connectivity index (χ1v) is 9.44. The highest BCUT2D eigenvalue weighted by molar-refractivity contribution is 5.96. The van der Waals surface area contributed by atoms with Gasteiger partial charge in [-0.15, -0.1) is 0 Å². The fourth-order valence-corrected chi connectivity index (χ4v) is 2.73. The molecule has 30 heavy (non-hydrogen) atoms. The zero-order valence-electron chi connectivity index (χ0n) is 17.5. The highest BCUT2D eigenvalue weighted by atomic mass is 19.1. The van der Waals surface area contributed by atoms with E-state index >= 15 is 0 Å². The van der Waals surface area contributed by atoms with E-state index in [-0.39, 0.29) is 24.3 Å². The van der Waals surface area contributed by atoms with Crippen molar-refractivity contribution in [2.75, 3.05) is 13.7 Å². The number of carbonyl (C=O) groups excluding carboxylic acids is 2. The minimum atomic E-state index is -0.719. The van der Waals surface area contributed by atoms with Gasteiger partial charge < -0.3 is 25.2 Å². The predicted octanol–water partition coefficient (Wildman–Crippen LogP) is 3.32. The second kappa shape index (κ2) is 10.1. The molecule has 162 valence electrons. The van der Waals surface area contributed by atoms with Gasteiger partial charge in [-0.05, 0) is 50.6 Å². The van der Waals surface area contributed by atoms with E-state index in [1.807, 2.05) is 0 Å². The van der Waals surface area contributed by atoms with E-state index in [2.05, 4.69) is 10.6 Å². The molecule has 0 saturated heterocycles. The van der Waals surface area contributed by atoms with Crippen LogP contribution in [0.1, 0.15) is 48.3 Å². The lowest BCUT2D eigenvalue weighted by Crippen LogP contribution is -2.34. The van der Waals surface area contributed by atoms with Gasteiger partial charge in [0.15, 0.2) is 0 Å². The number of ether oxygens (including phenoxy) is 2. The van der Waals surface area contributed by atoms with Crippen molar-refractivity contribution in [2.45, 2.75) is 39.0 Å². The van der Waals surface area contributed by atoms with E-state index in [9.17, 15) is 19.1 Å². The van der Waals surface area contributed by atoms with Gasteiger partial charge in [0.25, 0.3) is 5.91 Å². The van der Waals surface area contributed by atoms with Gasteiger partial charge in [0.1, 0.15) is 17.2 Å². The molecule has 2 rings (SSSR count). The third-order valence-electron chi connectivity index (χ3n) is 4.18. The van der Waals surface area contributed by atoms with E-state index in [4.69, 9.17) is 9.47 Å². The van der Waals surface area contributed by atoms with Gasteiger partial charge in [0, 0.05) is 17.7 Å². The van der Waals surface area contributed by atoms with E-state index in [0.29, 0.717) is 11.3 Å². The summed E-state index contributed by atoms with van der Waals surface area (Å²) in [7, 11) is 1.54. The lowest BCUT2D eigenvalue weighted by molar-refractivity contribution is 0.0522. The summed E-state index contributed by atoms with van der Waals surface area (Å²) < 4.78 is 24.6. The molecular formula is C22H27FN2O5. The number of hydrogen-bond acceptors (Lipinski definition) is 5. The Kier molecular flexibility index (Phi) is 7.77. The Bertz CT molecular complexity index is 878. The van der Waals surface area contributed by atoms with Gasteiger partial charge in [-0.25, -0.2) is 9.18 Å². The lowest BCUT2D eigenvalue weighted by Gasteiger charge is -2.21. The average molecular weight is 418 g/mol. The molecule has 0 aliphatic carbocycles. The Hall–Kier alpha value is -3.13. The quantitative estimate of drug-likeness (QED) is 0.641. The number of nitrogens with one attached hydrogen (secondary N) is 2. The molecule has 0 spiro atoms. The fraction of sp³-hybridized carbons (Fsp3) is 0.364. The Labute approximate surface area is 175 Å². The summed E-state index contributed by atoms with van der Waals surface area (Å²) in [5.41, 5.74) is 0.0356. The van der Waals surface area contributed by atoms with E-state index in [1.165, 1.54) is 25.3 Å². The molecule has 0 heterocycles. The Balaban J connectivity index is 2.16. The van der Waals surface area contributed by atoms with E-state index in [0.717, 1.165) is 0 Å². The molecule has 2 aromatic carbocycles. The number of hydrogen-bond donors (Lipinski definition) is 3. The molecule has 7 nitrogen and oxygen atoms in total.